The number of aromatic nitrogens is 1. The number of halogens is 1. The van der Waals surface area contributed by atoms with Crippen LogP contribution in [0.3, 0.4) is 0 Å². The minimum atomic E-state index is -0.887. The van der Waals surface area contributed by atoms with Gasteiger partial charge < -0.3 is 14.8 Å². The molecule has 0 fully saturated rings. The molecule has 4 nitrogen and oxygen atoms in total. The smallest absolute Gasteiger partial charge is 0.307 e. The Morgan fingerprint density at radius 2 is 1.87 bits per heavy atom. The summed E-state index contributed by atoms with van der Waals surface area (Å²) < 4.78 is 2.07. The zero-order chi connectivity index (χ0) is 16.6. The van der Waals surface area contributed by atoms with E-state index in [0.717, 1.165) is 27.7 Å². The average molecular weight is 330 g/mol. The molecule has 2 N–H and O–H groups in total. The molecule has 0 aliphatic carbocycles. The second kappa shape index (κ2) is 5.97. The van der Waals surface area contributed by atoms with Crippen LogP contribution in [0.15, 0.2) is 42.5 Å². The maximum Gasteiger partial charge on any atom is 0.307 e. The van der Waals surface area contributed by atoms with Crippen molar-refractivity contribution < 1.29 is 15.0 Å². The number of carbonyl (C=O) groups is 1. The Bertz CT molecular complexity index is 881. The Labute approximate surface area is 138 Å². The first-order chi connectivity index (χ1) is 11.0. The van der Waals surface area contributed by atoms with E-state index in [2.05, 4.69) is 4.57 Å². The van der Waals surface area contributed by atoms with E-state index in [-0.39, 0.29) is 12.2 Å². The van der Waals surface area contributed by atoms with Crippen molar-refractivity contribution in [3.8, 4) is 5.75 Å². The van der Waals surface area contributed by atoms with Gasteiger partial charge in [-0.15, -0.1) is 0 Å². The highest BCUT2D eigenvalue weighted by Gasteiger charge is 2.17. The molecule has 3 rings (SSSR count). The highest BCUT2D eigenvalue weighted by Crippen LogP contribution is 2.30. The summed E-state index contributed by atoms with van der Waals surface area (Å²) in [4.78, 5) is 11.2. The summed E-state index contributed by atoms with van der Waals surface area (Å²) in [5, 5.41) is 20.4. The second-order valence-electron chi connectivity index (χ2n) is 5.55. The van der Waals surface area contributed by atoms with Crippen molar-refractivity contribution in [2.75, 3.05) is 0 Å². The highest BCUT2D eigenvalue weighted by atomic mass is 35.5. The lowest BCUT2D eigenvalue weighted by Gasteiger charge is -2.09. The fourth-order valence-corrected chi connectivity index (χ4v) is 3.02. The van der Waals surface area contributed by atoms with Crippen molar-refractivity contribution in [2.45, 2.75) is 19.9 Å². The summed E-state index contributed by atoms with van der Waals surface area (Å²) in [5.41, 5.74) is 3.61. The van der Waals surface area contributed by atoms with Gasteiger partial charge in [0.15, 0.2) is 0 Å². The summed E-state index contributed by atoms with van der Waals surface area (Å²) in [7, 11) is 0. The Morgan fingerprint density at radius 1 is 1.17 bits per heavy atom. The third kappa shape index (κ3) is 3.03. The summed E-state index contributed by atoms with van der Waals surface area (Å²) in [6.45, 7) is 2.52. The van der Waals surface area contributed by atoms with Crippen LogP contribution in [0.25, 0.3) is 10.9 Å². The number of carboxylic acid groups (broad SMARTS) is 1. The number of aromatic hydroxyl groups is 1. The molecule has 2 aromatic carbocycles. The molecule has 23 heavy (non-hydrogen) atoms. The molecule has 0 aliphatic rings. The number of rotatable bonds is 4. The Balaban J connectivity index is 2.14. The lowest BCUT2D eigenvalue weighted by atomic mass is 10.1. The van der Waals surface area contributed by atoms with Gasteiger partial charge in [0.25, 0.3) is 0 Å². The SMILES string of the molecule is Cc1c(CC(=O)O)c2cc(O)ccc2n1Cc1ccc(Cl)cc1. The fraction of sp³-hybridized carbons (Fsp3) is 0.167. The minimum absolute atomic E-state index is 0.0700. The number of hydrogen-bond acceptors (Lipinski definition) is 2. The van der Waals surface area contributed by atoms with Crippen LogP contribution in [0, 0.1) is 6.92 Å². The van der Waals surface area contributed by atoms with Gasteiger partial charge in [-0.2, -0.15) is 0 Å². The van der Waals surface area contributed by atoms with Crippen LogP contribution >= 0.6 is 11.6 Å². The minimum Gasteiger partial charge on any atom is -0.508 e. The molecule has 0 amide bonds. The first-order valence-electron chi connectivity index (χ1n) is 7.22. The molecule has 1 heterocycles. The number of phenols is 1. The van der Waals surface area contributed by atoms with Gasteiger partial charge in [0.1, 0.15) is 5.75 Å². The quantitative estimate of drug-likeness (QED) is 0.761. The van der Waals surface area contributed by atoms with Crippen LogP contribution in [0.4, 0.5) is 0 Å². The molecule has 118 valence electrons. The molecule has 0 unspecified atom stereocenters. The van der Waals surface area contributed by atoms with Gasteiger partial charge in [0.2, 0.25) is 0 Å². The topological polar surface area (TPSA) is 62.5 Å². The van der Waals surface area contributed by atoms with Crippen LogP contribution < -0.4 is 0 Å². The number of phenolic OH excluding ortho intramolecular Hbond substituents is 1. The fourth-order valence-electron chi connectivity index (χ4n) is 2.89. The van der Waals surface area contributed by atoms with Crippen molar-refractivity contribution in [3.63, 3.8) is 0 Å². The van der Waals surface area contributed by atoms with E-state index in [1.165, 1.54) is 0 Å². The standard InChI is InChI=1S/C18H16ClNO3/c1-11-15(9-18(22)23)16-8-14(21)6-7-17(16)20(11)10-12-2-4-13(19)5-3-12/h2-8,21H,9-10H2,1H3,(H,22,23). The molecular formula is C18H16ClNO3. The molecule has 0 radical (unpaired) electrons. The Morgan fingerprint density at radius 3 is 2.52 bits per heavy atom. The molecule has 0 saturated carbocycles. The summed E-state index contributed by atoms with van der Waals surface area (Å²) in [6.07, 6.45) is -0.0700. The summed E-state index contributed by atoms with van der Waals surface area (Å²) in [6, 6.07) is 12.6. The van der Waals surface area contributed by atoms with E-state index in [9.17, 15) is 9.90 Å². The van der Waals surface area contributed by atoms with Crippen LogP contribution in [0.2, 0.25) is 5.02 Å². The van der Waals surface area contributed by atoms with Crippen LogP contribution in [0.5, 0.6) is 5.75 Å². The predicted molar refractivity (Wildman–Crippen MR) is 90.2 cm³/mol. The molecule has 0 saturated heterocycles. The molecule has 0 aliphatic heterocycles. The first-order valence-corrected chi connectivity index (χ1v) is 7.60. The molecule has 0 atom stereocenters. The summed E-state index contributed by atoms with van der Waals surface area (Å²) >= 11 is 5.92. The van der Waals surface area contributed by atoms with Crippen molar-refractivity contribution in [2.24, 2.45) is 0 Å². The van der Waals surface area contributed by atoms with Gasteiger partial charge in [-0.25, -0.2) is 0 Å². The summed E-state index contributed by atoms with van der Waals surface area (Å²) in [5.74, 6) is -0.755. The van der Waals surface area contributed by atoms with E-state index in [1.807, 2.05) is 37.3 Å². The number of carboxylic acids is 1. The highest BCUT2D eigenvalue weighted by molar-refractivity contribution is 6.30. The largest absolute Gasteiger partial charge is 0.508 e. The van der Waals surface area contributed by atoms with Crippen molar-refractivity contribution >= 4 is 28.5 Å². The van der Waals surface area contributed by atoms with Crippen LogP contribution in [-0.4, -0.2) is 20.7 Å². The van der Waals surface area contributed by atoms with Gasteiger partial charge in [0.05, 0.1) is 6.42 Å². The molecule has 1 aromatic heterocycles. The average Bonchev–Trinajstić information content (AvgIpc) is 2.74. The van der Waals surface area contributed by atoms with E-state index in [0.29, 0.717) is 11.6 Å². The van der Waals surface area contributed by atoms with Gasteiger partial charge in [0, 0.05) is 28.2 Å². The van der Waals surface area contributed by atoms with Gasteiger partial charge in [-0.3, -0.25) is 4.79 Å². The number of hydrogen-bond donors (Lipinski definition) is 2. The Kier molecular flexibility index (Phi) is 4.01. The van der Waals surface area contributed by atoms with Gasteiger partial charge >= 0.3 is 5.97 Å². The van der Waals surface area contributed by atoms with Crippen molar-refractivity contribution in [1.82, 2.24) is 4.57 Å². The number of fused-ring (bicyclic) bond motifs is 1. The monoisotopic (exact) mass is 329 g/mol. The zero-order valence-electron chi connectivity index (χ0n) is 12.6. The van der Waals surface area contributed by atoms with E-state index < -0.39 is 5.97 Å². The molecule has 3 aromatic rings. The number of aliphatic carboxylic acids is 1. The predicted octanol–water partition coefficient (Wildman–Crippen LogP) is 3.98. The van der Waals surface area contributed by atoms with E-state index in [4.69, 9.17) is 16.7 Å². The van der Waals surface area contributed by atoms with Gasteiger partial charge in [-0.05, 0) is 48.4 Å². The van der Waals surface area contributed by atoms with E-state index >= 15 is 0 Å². The van der Waals surface area contributed by atoms with Crippen molar-refractivity contribution in [3.05, 3.63) is 64.3 Å². The molecule has 0 spiro atoms. The van der Waals surface area contributed by atoms with Crippen molar-refractivity contribution in [1.29, 1.82) is 0 Å². The van der Waals surface area contributed by atoms with Gasteiger partial charge in [-0.1, -0.05) is 23.7 Å². The third-order valence-corrected chi connectivity index (χ3v) is 4.27. The first kappa shape index (κ1) is 15.4. The van der Waals surface area contributed by atoms with Crippen LogP contribution in [0.1, 0.15) is 16.8 Å². The molecule has 5 heteroatoms. The number of nitrogens with zero attached hydrogens (tertiary/aromatic N) is 1. The lowest BCUT2D eigenvalue weighted by Crippen LogP contribution is -2.05. The third-order valence-electron chi connectivity index (χ3n) is 4.02. The second-order valence-corrected chi connectivity index (χ2v) is 5.98. The Hall–Kier alpha value is -2.46. The molecule has 0 bridgehead atoms. The number of benzene rings is 2. The molecular weight excluding hydrogens is 314 g/mol. The zero-order valence-corrected chi connectivity index (χ0v) is 13.3. The normalized spacial score (nSPS) is 11.0. The van der Waals surface area contributed by atoms with E-state index in [1.54, 1.807) is 12.1 Å². The van der Waals surface area contributed by atoms with Crippen LogP contribution in [-0.2, 0) is 17.8 Å². The lowest BCUT2D eigenvalue weighted by molar-refractivity contribution is -0.136. The maximum atomic E-state index is 11.2. The maximum absolute atomic E-state index is 11.2.